The third-order valence-corrected chi connectivity index (χ3v) is 4.83. The monoisotopic (exact) mass is 308 g/mol. The summed E-state index contributed by atoms with van der Waals surface area (Å²) >= 11 is 1.57. The molecule has 2 aromatic carbocycles. The van der Waals surface area contributed by atoms with E-state index in [1.807, 2.05) is 35.7 Å². The lowest BCUT2D eigenvalue weighted by Gasteiger charge is -2.17. The van der Waals surface area contributed by atoms with Gasteiger partial charge in [0.1, 0.15) is 0 Å². The molecular weight excluding hydrogens is 292 g/mol. The fourth-order valence-electron chi connectivity index (χ4n) is 2.96. The van der Waals surface area contributed by atoms with E-state index < -0.39 is 6.10 Å². The molecule has 1 aliphatic carbocycles. The Hall–Kier alpha value is -2.17. The van der Waals surface area contributed by atoms with E-state index in [2.05, 4.69) is 34.6 Å². The van der Waals surface area contributed by atoms with Gasteiger partial charge < -0.3 is 10.4 Å². The van der Waals surface area contributed by atoms with Gasteiger partial charge in [0.2, 0.25) is 0 Å². The fourth-order valence-corrected chi connectivity index (χ4v) is 3.72. The number of thiazole rings is 1. The zero-order valence-electron chi connectivity index (χ0n) is 11.9. The summed E-state index contributed by atoms with van der Waals surface area (Å²) in [7, 11) is 0. The molecule has 1 aromatic heterocycles. The molecule has 2 N–H and O–H groups in total. The standard InChI is InChI=1S/C18H16N2OS/c21-16-10-13-8-4-5-9-14(13)17(16)20-18-19-15(11-22-18)12-6-2-1-3-7-12/h1-9,11,16-17,21H,10H2,(H,19,20)/t16-,17+/m1/s1. The van der Waals surface area contributed by atoms with Gasteiger partial charge in [0.05, 0.1) is 17.8 Å². The van der Waals surface area contributed by atoms with Crippen molar-refractivity contribution in [2.45, 2.75) is 18.6 Å². The van der Waals surface area contributed by atoms with Crippen LogP contribution in [0.15, 0.2) is 60.0 Å². The molecule has 0 unspecified atom stereocenters. The molecule has 0 saturated heterocycles. The quantitative estimate of drug-likeness (QED) is 0.772. The number of nitrogens with one attached hydrogen (secondary N) is 1. The molecular formula is C18H16N2OS. The van der Waals surface area contributed by atoms with Crippen molar-refractivity contribution in [3.05, 3.63) is 71.1 Å². The average Bonchev–Trinajstić information content (AvgIpc) is 3.14. The maximum absolute atomic E-state index is 10.3. The van der Waals surface area contributed by atoms with Gasteiger partial charge in [-0.3, -0.25) is 0 Å². The number of hydrogen-bond donors (Lipinski definition) is 2. The molecule has 110 valence electrons. The summed E-state index contributed by atoms with van der Waals surface area (Å²) in [5.41, 5.74) is 4.46. The molecule has 0 spiro atoms. The smallest absolute Gasteiger partial charge is 0.183 e. The number of benzene rings is 2. The van der Waals surface area contributed by atoms with Gasteiger partial charge in [-0.1, -0.05) is 54.6 Å². The van der Waals surface area contributed by atoms with Gasteiger partial charge in [-0.2, -0.15) is 0 Å². The van der Waals surface area contributed by atoms with Crippen molar-refractivity contribution < 1.29 is 5.11 Å². The number of rotatable bonds is 3. The van der Waals surface area contributed by atoms with Crippen LogP contribution in [0.3, 0.4) is 0 Å². The van der Waals surface area contributed by atoms with Crippen LogP contribution in [0, 0.1) is 0 Å². The first-order valence-electron chi connectivity index (χ1n) is 7.34. The van der Waals surface area contributed by atoms with Crippen molar-refractivity contribution in [3.8, 4) is 11.3 Å². The molecule has 0 aliphatic heterocycles. The van der Waals surface area contributed by atoms with E-state index in [9.17, 15) is 5.11 Å². The lowest BCUT2D eigenvalue weighted by molar-refractivity contribution is 0.166. The van der Waals surface area contributed by atoms with Crippen LogP contribution >= 0.6 is 11.3 Å². The number of fused-ring (bicyclic) bond motifs is 1. The van der Waals surface area contributed by atoms with Crippen LogP contribution in [-0.4, -0.2) is 16.2 Å². The summed E-state index contributed by atoms with van der Waals surface area (Å²) in [6.07, 6.45) is 0.298. The van der Waals surface area contributed by atoms with E-state index in [4.69, 9.17) is 0 Å². The average molecular weight is 308 g/mol. The number of hydrogen-bond acceptors (Lipinski definition) is 4. The van der Waals surface area contributed by atoms with Crippen LogP contribution < -0.4 is 5.32 Å². The van der Waals surface area contributed by atoms with E-state index >= 15 is 0 Å². The summed E-state index contributed by atoms with van der Waals surface area (Å²) in [5, 5.41) is 16.6. The first-order valence-corrected chi connectivity index (χ1v) is 8.22. The Morgan fingerprint density at radius 2 is 1.82 bits per heavy atom. The second kappa shape index (κ2) is 5.55. The zero-order chi connectivity index (χ0) is 14.9. The molecule has 0 amide bonds. The molecule has 4 heteroatoms. The predicted octanol–water partition coefficient (Wildman–Crippen LogP) is 3.88. The van der Waals surface area contributed by atoms with Crippen LogP contribution in [0.2, 0.25) is 0 Å². The highest BCUT2D eigenvalue weighted by Crippen LogP contribution is 2.35. The second-order valence-corrected chi connectivity index (χ2v) is 6.35. The maximum atomic E-state index is 10.3. The molecule has 2 atom stereocenters. The van der Waals surface area contributed by atoms with Gasteiger partial charge in [-0.05, 0) is 11.1 Å². The minimum Gasteiger partial charge on any atom is -0.390 e. The van der Waals surface area contributed by atoms with E-state index in [0.717, 1.165) is 16.4 Å². The highest BCUT2D eigenvalue weighted by molar-refractivity contribution is 7.14. The van der Waals surface area contributed by atoms with Gasteiger partial charge in [-0.25, -0.2) is 4.98 Å². The van der Waals surface area contributed by atoms with Crippen molar-refractivity contribution >= 4 is 16.5 Å². The SMILES string of the molecule is O[C@@H]1Cc2ccccc2[C@@H]1Nc1nc(-c2ccccc2)cs1. The first-order chi connectivity index (χ1) is 10.8. The molecule has 4 rings (SSSR count). The normalized spacial score (nSPS) is 19.9. The van der Waals surface area contributed by atoms with E-state index in [1.54, 1.807) is 11.3 Å². The number of anilines is 1. The molecule has 3 aromatic rings. The number of nitrogens with zero attached hydrogens (tertiary/aromatic N) is 1. The van der Waals surface area contributed by atoms with Gasteiger partial charge in [0, 0.05) is 17.4 Å². The minimum absolute atomic E-state index is 0.0778. The van der Waals surface area contributed by atoms with Gasteiger partial charge in [0.15, 0.2) is 5.13 Å². The Kier molecular flexibility index (Phi) is 3.41. The summed E-state index contributed by atoms with van der Waals surface area (Å²) < 4.78 is 0. The minimum atomic E-state index is -0.401. The summed E-state index contributed by atoms with van der Waals surface area (Å²) in [4.78, 5) is 4.65. The topological polar surface area (TPSA) is 45.1 Å². The van der Waals surface area contributed by atoms with Gasteiger partial charge >= 0.3 is 0 Å². The van der Waals surface area contributed by atoms with Crippen molar-refractivity contribution in [3.63, 3.8) is 0 Å². The molecule has 0 fully saturated rings. The molecule has 0 radical (unpaired) electrons. The first kappa shape index (κ1) is 13.5. The van der Waals surface area contributed by atoms with Crippen LogP contribution in [0.1, 0.15) is 17.2 Å². The highest BCUT2D eigenvalue weighted by Gasteiger charge is 2.31. The summed E-state index contributed by atoms with van der Waals surface area (Å²) in [6, 6.07) is 18.3. The second-order valence-electron chi connectivity index (χ2n) is 5.50. The Balaban J connectivity index is 1.59. The van der Waals surface area contributed by atoms with Gasteiger partial charge in [0.25, 0.3) is 0 Å². The van der Waals surface area contributed by atoms with Crippen LogP contribution in [0.5, 0.6) is 0 Å². The van der Waals surface area contributed by atoms with Crippen molar-refractivity contribution in [2.24, 2.45) is 0 Å². The molecule has 1 heterocycles. The van der Waals surface area contributed by atoms with E-state index in [0.29, 0.717) is 6.42 Å². The van der Waals surface area contributed by atoms with Crippen molar-refractivity contribution in [1.29, 1.82) is 0 Å². The van der Waals surface area contributed by atoms with E-state index in [1.165, 1.54) is 11.1 Å². The highest BCUT2D eigenvalue weighted by atomic mass is 32.1. The maximum Gasteiger partial charge on any atom is 0.183 e. The van der Waals surface area contributed by atoms with Crippen LogP contribution in [-0.2, 0) is 6.42 Å². The molecule has 1 aliphatic rings. The Bertz CT molecular complexity index is 785. The van der Waals surface area contributed by atoms with Gasteiger partial charge in [-0.15, -0.1) is 11.3 Å². The fraction of sp³-hybridized carbons (Fsp3) is 0.167. The largest absolute Gasteiger partial charge is 0.390 e. The Labute approximate surface area is 133 Å². The summed E-state index contributed by atoms with van der Waals surface area (Å²) in [6.45, 7) is 0. The third-order valence-electron chi connectivity index (χ3n) is 4.06. The molecule has 22 heavy (non-hydrogen) atoms. The predicted molar refractivity (Wildman–Crippen MR) is 90.1 cm³/mol. The number of aliphatic hydroxyl groups is 1. The Morgan fingerprint density at radius 1 is 1.05 bits per heavy atom. The molecule has 0 saturated carbocycles. The Morgan fingerprint density at radius 3 is 2.68 bits per heavy atom. The summed E-state index contributed by atoms with van der Waals surface area (Å²) in [5.74, 6) is 0. The molecule has 3 nitrogen and oxygen atoms in total. The molecule has 0 bridgehead atoms. The van der Waals surface area contributed by atoms with Crippen molar-refractivity contribution in [2.75, 3.05) is 5.32 Å². The lowest BCUT2D eigenvalue weighted by atomic mass is 10.1. The lowest BCUT2D eigenvalue weighted by Crippen LogP contribution is -2.21. The van der Waals surface area contributed by atoms with E-state index in [-0.39, 0.29) is 6.04 Å². The number of aromatic nitrogens is 1. The third kappa shape index (κ3) is 2.40. The zero-order valence-corrected chi connectivity index (χ0v) is 12.8. The van der Waals surface area contributed by atoms with Crippen LogP contribution in [0.25, 0.3) is 11.3 Å². The number of aliphatic hydroxyl groups excluding tert-OH is 1. The van der Waals surface area contributed by atoms with Crippen LogP contribution in [0.4, 0.5) is 5.13 Å². The van der Waals surface area contributed by atoms with Crippen molar-refractivity contribution in [1.82, 2.24) is 4.98 Å².